The topological polar surface area (TPSA) is 51.8 Å². The number of hydrogen-bond donors (Lipinski definition) is 1. The Morgan fingerprint density at radius 2 is 1.76 bits per heavy atom. The van der Waals surface area contributed by atoms with Crippen LogP contribution in [0.3, 0.4) is 0 Å². The van der Waals surface area contributed by atoms with Gasteiger partial charge >= 0.3 is 0 Å². The molecule has 2 aromatic rings. The summed E-state index contributed by atoms with van der Waals surface area (Å²) in [6.07, 6.45) is 1.21. The van der Waals surface area contributed by atoms with Gasteiger partial charge in [0.25, 0.3) is 0 Å². The van der Waals surface area contributed by atoms with Crippen LogP contribution in [-0.4, -0.2) is 9.97 Å². The molecule has 0 amide bonds. The molecule has 1 aromatic heterocycles. The van der Waals surface area contributed by atoms with Crippen molar-refractivity contribution >= 4 is 5.82 Å². The molecule has 0 aliphatic carbocycles. The summed E-state index contributed by atoms with van der Waals surface area (Å²) in [5, 5.41) is 0. The first-order chi connectivity index (χ1) is 8.06. The van der Waals surface area contributed by atoms with Crippen LogP contribution in [0.2, 0.25) is 0 Å². The lowest BCUT2D eigenvalue weighted by atomic mass is 10.1. The van der Waals surface area contributed by atoms with Crippen LogP contribution in [-0.2, 0) is 6.42 Å². The summed E-state index contributed by atoms with van der Waals surface area (Å²) in [6, 6.07) is 2.69. The molecule has 0 saturated carbocycles. The van der Waals surface area contributed by atoms with Gasteiger partial charge in [0.05, 0.1) is 0 Å². The molecular weight excluding hydrogens is 231 g/mol. The molecule has 0 radical (unpaired) electrons. The van der Waals surface area contributed by atoms with Crippen molar-refractivity contribution in [2.75, 3.05) is 5.73 Å². The van der Waals surface area contributed by atoms with Gasteiger partial charge in [0.15, 0.2) is 0 Å². The fourth-order valence-corrected chi connectivity index (χ4v) is 1.40. The van der Waals surface area contributed by atoms with Gasteiger partial charge in [0.1, 0.15) is 29.1 Å². The molecule has 0 atom stereocenters. The van der Waals surface area contributed by atoms with E-state index in [9.17, 15) is 13.2 Å². The Labute approximate surface area is 95.1 Å². The first-order valence-corrected chi connectivity index (χ1v) is 4.77. The normalized spacial score (nSPS) is 10.5. The zero-order valence-corrected chi connectivity index (χ0v) is 8.62. The summed E-state index contributed by atoms with van der Waals surface area (Å²) in [7, 11) is 0. The Morgan fingerprint density at radius 3 is 2.35 bits per heavy atom. The average Bonchev–Trinajstić information content (AvgIpc) is 2.23. The molecule has 1 heterocycles. The van der Waals surface area contributed by atoms with E-state index in [1.807, 2.05) is 0 Å². The number of nitrogens with two attached hydrogens (primary N) is 1. The summed E-state index contributed by atoms with van der Waals surface area (Å²) < 4.78 is 39.3. The summed E-state index contributed by atoms with van der Waals surface area (Å²) >= 11 is 0. The summed E-state index contributed by atoms with van der Waals surface area (Å²) in [5.74, 6) is -2.51. The van der Waals surface area contributed by atoms with Gasteiger partial charge in [-0.25, -0.2) is 23.1 Å². The zero-order chi connectivity index (χ0) is 12.4. The number of nitrogens with zero attached hydrogens (tertiary/aromatic N) is 2. The quantitative estimate of drug-likeness (QED) is 0.872. The van der Waals surface area contributed by atoms with Crippen molar-refractivity contribution in [1.82, 2.24) is 9.97 Å². The van der Waals surface area contributed by atoms with Crippen LogP contribution in [0, 0.1) is 17.5 Å². The van der Waals surface area contributed by atoms with Gasteiger partial charge in [-0.3, -0.25) is 0 Å². The van der Waals surface area contributed by atoms with E-state index >= 15 is 0 Å². The Morgan fingerprint density at radius 1 is 1.12 bits per heavy atom. The van der Waals surface area contributed by atoms with Crippen LogP contribution in [0.15, 0.2) is 24.4 Å². The molecule has 3 nitrogen and oxygen atoms in total. The molecule has 2 N–H and O–H groups in total. The summed E-state index contributed by atoms with van der Waals surface area (Å²) in [4.78, 5) is 7.63. The van der Waals surface area contributed by atoms with Gasteiger partial charge in [0, 0.05) is 30.3 Å². The molecule has 0 bridgehead atoms. The third-order valence-electron chi connectivity index (χ3n) is 2.17. The predicted octanol–water partition coefficient (Wildman–Crippen LogP) is 2.07. The molecule has 0 fully saturated rings. The highest BCUT2D eigenvalue weighted by atomic mass is 19.1. The molecule has 0 unspecified atom stereocenters. The Kier molecular flexibility index (Phi) is 2.95. The van der Waals surface area contributed by atoms with Gasteiger partial charge in [-0.1, -0.05) is 0 Å². The van der Waals surface area contributed by atoms with Gasteiger partial charge in [-0.05, 0) is 6.07 Å². The van der Waals surface area contributed by atoms with Gasteiger partial charge in [-0.2, -0.15) is 0 Å². The average molecular weight is 239 g/mol. The van der Waals surface area contributed by atoms with Crippen molar-refractivity contribution in [2.45, 2.75) is 6.42 Å². The fourth-order valence-electron chi connectivity index (χ4n) is 1.40. The number of anilines is 1. The highest BCUT2D eigenvalue weighted by Crippen LogP contribution is 2.17. The van der Waals surface area contributed by atoms with Crippen molar-refractivity contribution in [3.8, 4) is 0 Å². The van der Waals surface area contributed by atoms with E-state index in [0.717, 1.165) is 0 Å². The highest BCUT2D eigenvalue weighted by Gasteiger charge is 2.13. The smallest absolute Gasteiger partial charge is 0.135 e. The van der Waals surface area contributed by atoms with E-state index in [1.165, 1.54) is 12.3 Å². The van der Waals surface area contributed by atoms with E-state index in [4.69, 9.17) is 5.73 Å². The first kappa shape index (κ1) is 11.4. The number of hydrogen-bond acceptors (Lipinski definition) is 3. The van der Waals surface area contributed by atoms with Crippen LogP contribution in [0.4, 0.5) is 19.0 Å². The van der Waals surface area contributed by atoms with Gasteiger partial charge in [-0.15, -0.1) is 0 Å². The number of rotatable bonds is 2. The van der Waals surface area contributed by atoms with E-state index < -0.39 is 17.5 Å². The maximum absolute atomic E-state index is 13.3. The lowest BCUT2D eigenvalue weighted by Crippen LogP contribution is -2.04. The lowest BCUT2D eigenvalue weighted by molar-refractivity contribution is 0.526. The zero-order valence-electron chi connectivity index (χ0n) is 8.62. The monoisotopic (exact) mass is 239 g/mol. The first-order valence-electron chi connectivity index (χ1n) is 4.77. The van der Waals surface area contributed by atoms with Crippen molar-refractivity contribution in [1.29, 1.82) is 0 Å². The van der Waals surface area contributed by atoms with Gasteiger partial charge < -0.3 is 5.73 Å². The van der Waals surface area contributed by atoms with Crippen LogP contribution in [0.5, 0.6) is 0 Å². The van der Waals surface area contributed by atoms with Crippen molar-refractivity contribution in [3.05, 3.63) is 53.2 Å². The third-order valence-corrected chi connectivity index (χ3v) is 2.17. The largest absolute Gasteiger partial charge is 0.384 e. The molecule has 1 aromatic carbocycles. The van der Waals surface area contributed by atoms with Crippen LogP contribution >= 0.6 is 0 Å². The Hall–Kier alpha value is -2.11. The fraction of sp³-hybridized carbons (Fsp3) is 0.0909. The maximum atomic E-state index is 13.3. The molecule has 0 aliphatic rings. The van der Waals surface area contributed by atoms with Crippen LogP contribution < -0.4 is 5.73 Å². The molecule has 2 rings (SSSR count). The van der Waals surface area contributed by atoms with E-state index in [2.05, 4.69) is 9.97 Å². The Balaban J connectivity index is 2.36. The molecule has 6 heteroatoms. The number of aromatic nitrogens is 2. The van der Waals surface area contributed by atoms with Crippen molar-refractivity contribution in [2.24, 2.45) is 0 Å². The minimum absolute atomic E-state index is 0.175. The molecule has 0 saturated heterocycles. The molecule has 88 valence electrons. The number of halogens is 3. The second-order valence-corrected chi connectivity index (χ2v) is 3.42. The SMILES string of the molecule is Nc1ccnc(Cc2c(F)cc(F)cc2F)n1. The molecular formula is C11H8F3N3. The number of benzene rings is 1. The lowest BCUT2D eigenvalue weighted by Gasteiger charge is -2.04. The predicted molar refractivity (Wildman–Crippen MR) is 55.6 cm³/mol. The molecule has 0 spiro atoms. The summed E-state index contributed by atoms with van der Waals surface area (Å²) in [6.45, 7) is 0. The van der Waals surface area contributed by atoms with Crippen molar-refractivity contribution in [3.63, 3.8) is 0 Å². The van der Waals surface area contributed by atoms with E-state index in [0.29, 0.717) is 12.1 Å². The van der Waals surface area contributed by atoms with Gasteiger partial charge in [0.2, 0.25) is 0 Å². The second-order valence-electron chi connectivity index (χ2n) is 3.42. The number of nitrogen functional groups attached to an aromatic ring is 1. The van der Waals surface area contributed by atoms with Crippen molar-refractivity contribution < 1.29 is 13.2 Å². The molecule has 17 heavy (non-hydrogen) atoms. The highest BCUT2D eigenvalue weighted by molar-refractivity contribution is 5.28. The van der Waals surface area contributed by atoms with E-state index in [1.54, 1.807) is 0 Å². The maximum Gasteiger partial charge on any atom is 0.135 e. The Bertz CT molecular complexity index is 534. The van der Waals surface area contributed by atoms with Crippen LogP contribution in [0.25, 0.3) is 0 Å². The summed E-state index contributed by atoms with van der Waals surface area (Å²) in [5.41, 5.74) is 5.13. The second kappa shape index (κ2) is 4.40. The molecule has 0 aliphatic heterocycles. The van der Waals surface area contributed by atoms with E-state index in [-0.39, 0.29) is 23.6 Å². The third kappa shape index (κ3) is 2.52. The minimum Gasteiger partial charge on any atom is -0.384 e. The standard InChI is InChI=1S/C11H8F3N3/c12-6-3-8(13)7(9(14)4-6)5-11-16-2-1-10(15)17-11/h1-4H,5H2,(H2,15,16,17). The minimum atomic E-state index is -0.964. The van der Waals surface area contributed by atoms with Crippen LogP contribution in [0.1, 0.15) is 11.4 Å².